The Hall–Kier alpha value is -2.64. The highest BCUT2D eigenvalue weighted by Crippen LogP contribution is 2.57. The summed E-state index contributed by atoms with van der Waals surface area (Å²) in [6, 6.07) is 9.04. The van der Waals surface area contributed by atoms with E-state index in [0.717, 1.165) is 0 Å². The molecule has 4 bridgehead atoms. The summed E-state index contributed by atoms with van der Waals surface area (Å²) < 4.78 is 58.6. The van der Waals surface area contributed by atoms with Crippen molar-refractivity contribution in [1.29, 1.82) is 0 Å². The molecule has 0 amide bonds. The van der Waals surface area contributed by atoms with Crippen LogP contribution in [0.5, 0.6) is 0 Å². The highest BCUT2D eigenvalue weighted by molar-refractivity contribution is 7.89. The highest BCUT2D eigenvalue weighted by atomic mass is 32.2. The third-order valence-electron chi connectivity index (χ3n) is 12.7. The second-order valence-electron chi connectivity index (χ2n) is 14.3. The van der Waals surface area contributed by atoms with Crippen LogP contribution < -0.4 is 5.48 Å². The Morgan fingerprint density at radius 2 is 1.07 bits per heavy atom. The number of fused-ring (bicyclic) bond motifs is 12. The van der Waals surface area contributed by atoms with Crippen LogP contribution in [0.1, 0.15) is 38.5 Å². The fourth-order valence-corrected chi connectivity index (χ4v) is 13.8. The van der Waals surface area contributed by atoms with Gasteiger partial charge in [-0.05, 0) is 115 Å². The van der Waals surface area contributed by atoms with E-state index in [1.165, 1.54) is 62.8 Å². The molecule has 4 aliphatic carbocycles. The number of anilines is 1. The number of sulfonamides is 2. The summed E-state index contributed by atoms with van der Waals surface area (Å²) >= 11 is 0. The Morgan fingerprint density at radius 1 is 0.636 bits per heavy atom. The zero-order valence-electron chi connectivity index (χ0n) is 24.3. The lowest BCUT2D eigenvalue weighted by atomic mass is 9.82. The zero-order valence-corrected chi connectivity index (χ0v) is 25.9. The van der Waals surface area contributed by atoms with Crippen LogP contribution in [-0.2, 0) is 20.0 Å². The van der Waals surface area contributed by atoms with E-state index in [9.17, 15) is 26.9 Å². The first-order valence-electron chi connectivity index (χ1n) is 16.0. The molecule has 0 aromatic heterocycles. The van der Waals surface area contributed by atoms with Crippen molar-refractivity contribution in [1.82, 2.24) is 8.61 Å². The molecule has 232 valence electrons. The highest BCUT2D eigenvalue weighted by Gasteiger charge is 2.55. The average molecular weight is 637 g/mol. The van der Waals surface area contributed by atoms with Crippen molar-refractivity contribution in [2.75, 3.05) is 31.7 Å². The van der Waals surface area contributed by atoms with Crippen molar-refractivity contribution < 1.29 is 22.0 Å². The summed E-state index contributed by atoms with van der Waals surface area (Å²) in [5.74, 6) is 4.17. The number of hydrogen-bond donors (Lipinski definition) is 2. The van der Waals surface area contributed by atoms with Gasteiger partial charge in [0.25, 0.3) is 0 Å². The minimum atomic E-state index is -3.81. The van der Waals surface area contributed by atoms with E-state index in [1.54, 1.807) is 20.7 Å². The Labute approximate surface area is 256 Å². The van der Waals surface area contributed by atoms with E-state index < -0.39 is 20.0 Å². The molecule has 8 atom stereocenters. The van der Waals surface area contributed by atoms with Crippen molar-refractivity contribution in [2.45, 2.75) is 48.3 Å². The van der Waals surface area contributed by atoms with Gasteiger partial charge in [0.05, 0.1) is 15.5 Å². The molecular formula is C32H36N4O6S2. The van der Waals surface area contributed by atoms with E-state index >= 15 is 0 Å². The molecule has 2 saturated heterocycles. The summed E-state index contributed by atoms with van der Waals surface area (Å²) in [5.41, 5.74) is 2.42. The van der Waals surface area contributed by atoms with E-state index in [0.29, 0.717) is 89.7 Å². The smallest absolute Gasteiger partial charge is 0.243 e. The Bertz CT molecular complexity index is 1930. The van der Waals surface area contributed by atoms with Gasteiger partial charge in [0, 0.05) is 47.7 Å². The molecule has 2 N–H and O–H groups in total. The van der Waals surface area contributed by atoms with Gasteiger partial charge in [-0.2, -0.15) is 8.61 Å². The molecule has 6 fully saturated rings. The van der Waals surface area contributed by atoms with Crippen molar-refractivity contribution in [3.63, 3.8) is 0 Å². The Kier molecular flexibility index (Phi) is 5.94. The maximum absolute atomic E-state index is 13.8. The van der Waals surface area contributed by atoms with Crippen molar-refractivity contribution in [2.24, 2.45) is 52.5 Å². The second-order valence-corrected chi connectivity index (χ2v) is 18.2. The van der Waals surface area contributed by atoms with E-state index in [4.69, 9.17) is 0 Å². The zero-order chi connectivity index (χ0) is 30.1. The van der Waals surface area contributed by atoms with Gasteiger partial charge in [0.15, 0.2) is 0 Å². The van der Waals surface area contributed by atoms with Crippen LogP contribution in [0.4, 0.5) is 11.4 Å². The molecule has 12 heteroatoms. The van der Waals surface area contributed by atoms with Crippen LogP contribution in [0.15, 0.2) is 51.4 Å². The van der Waals surface area contributed by atoms with Gasteiger partial charge in [-0.25, -0.2) is 16.8 Å². The maximum Gasteiger partial charge on any atom is 0.243 e. The molecule has 3 aromatic carbocycles. The number of benzene rings is 3. The summed E-state index contributed by atoms with van der Waals surface area (Å²) in [6.07, 6.45) is 7.22. The van der Waals surface area contributed by atoms with Crippen LogP contribution in [0.3, 0.4) is 0 Å². The molecule has 0 spiro atoms. The summed E-state index contributed by atoms with van der Waals surface area (Å²) in [6.45, 7) is 2.13. The summed E-state index contributed by atoms with van der Waals surface area (Å²) in [5, 5.41) is 14.9. The molecule has 0 radical (unpaired) electrons. The molecule has 3 aromatic rings. The van der Waals surface area contributed by atoms with Crippen molar-refractivity contribution in [3.8, 4) is 0 Å². The maximum atomic E-state index is 13.8. The molecule has 2 aliphatic heterocycles. The predicted octanol–water partition coefficient (Wildman–Crippen LogP) is 5.53. The predicted molar refractivity (Wildman–Crippen MR) is 165 cm³/mol. The van der Waals surface area contributed by atoms with Gasteiger partial charge in [0.1, 0.15) is 5.69 Å². The van der Waals surface area contributed by atoms with Crippen molar-refractivity contribution >= 4 is 53.0 Å². The summed E-state index contributed by atoms with van der Waals surface area (Å²) in [4.78, 5) is 12.5. The quantitative estimate of drug-likeness (QED) is 0.206. The molecule has 10 nitrogen and oxygen atoms in total. The molecule has 6 aliphatic rings. The van der Waals surface area contributed by atoms with Gasteiger partial charge in [-0.15, -0.1) is 4.91 Å². The van der Waals surface area contributed by atoms with Gasteiger partial charge >= 0.3 is 0 Å². The Morgan fingerprint density at radius 3 is 1.50 bits per heavy atom. The number of nitrogens with zero attached hydrogens (tertiary/aromatic N) is 3. The number of nitrogens with one attached hydrogen (secondary N) is 1. The fourth-order valence-electron chi connectivity index (χ4n) is 10.7. The van der Waals surface area contributed by atoms with E-state index in [1.807, 2.05) is 0 Å². The lowest BCUT2D eigenvalue weighted by Gasteiger charge is -2.22. The first-order chi connectivity index (χ1) is 21.2. The molecule has 9 rings (SSSR count). The van der Waals surface area contributed by atoms with Crippen molar-refractivity contribution in [3.05, 3.63) is 41.3 Å². The SMILES string of the molecule is O=Nc1c2cc(S(=O)(=O)N3CC4C5CCC(C5)C4C3)ccc2c(NO)c2cc(S(=O)(=O)N3CC4C5CCC(C5)C4C3)ccc12. The third kappa shape index (κ3) is 3.69. The molecule has 8 unspecified atom stereocenters. The standard InChI is InChI=1S/C32H36N4O6S2/c37-33-31-24-8-6-22(44(41,42)36-15-29-19-3-4-20(10-19)30(29)16-36)12-26(24)32(34-38)23-7-5-21(11-25(23)31)43(39,40)35-13-27-17-1-2-18(9-17)28(27)14-35/h5-8,11-12,17-20,27-30,33,37H,1-4,9-10,13-16H2. The van der Waals surface area contributed by atoms with Gasteiger partial charge < -0.3 is 0 Å². The molecule has 4 saturated carbocycles. The second kappa shape index (κ2) is 9.45. The lowest BCUT2D eigenvalue weighted by molar-refractivity contribution is 0.281. The number of hydrogen-bond acceptors (Lipinski definition) is 8. The van der Waals surface area contributed by atoms with Gasteiger partial charge in [0.2, 0.25) is 20.0 Å². The van der Waals surface area contributed by atoms with Crippen LogP contribution in [0.25, 0.3) is 21.5 Å². The minimum Gasteiger partial charge on any atom is -0.291 e. The average Bonchev–Trinajstić information content (AvgIpc) is 3.86. The molecule has 44 heavy (non-hydrogen) atoms. The van der Waals surface area contributed by atoms with Gasteiger partial charge in [-0.1, -0.05) is 12.1 Å². The lowest BCUT2D eigenvalue weighted by Crippen LogP contribution is -2.30. The fraction of sp³-hybridized carbons (Fsp3) is 0.562. The third-order valence-corrected chi connectivity index (χ3v) is 16.4. The molecule has 2 heterocycles. The van der Waals surface area contributed by atoms with E-state index in [-0.39, 0.29) is 26.6 Å². The molecular weight excluding hydrogens is 601 g/mol. The first-order valence-corrected chi connectivity index (χ1v) is 18.8. The summed E-state index contributed by atoms with van der Waals surface area (Å²) in [7, 11) is -7.62. The largest absolute Gasteiger partial charge is 0.291 e. The van der Waals surface area contributed by atoms with Crippen LogP contribution >= 0.6 is 0 Å². The number of nitroso groups, excluding NO2 is 1. The normalized spacial score (nSPS) is 34.8. The minimum absolute atomic E-state index is 0.0126. The van der Waals surface area contributed by atoms with Crippen LogP contribution in [-0.4, -0.2) is 56.8 Å². The van der Waals surface area contributed by atoms with Gasteiger partial charge in [-0.3, -0.25) is 10.7 Å². The number of rotatable bonds is 6. The van der Waals surface area contributed by atoms with Crippen LogP contribution in [0.2, 0.25) is 0 Å². The van der Waals surface area contributed by atoms with E-state index in [2.05, 4.69) is 10.7 Å². The topological polar surface area (TPSA) is 136 Å². The van der Waals surface area contributed by atoms with Crippen LogP contribution in [0, 0.1) is 52.3 Å². The Balaban J connectivity index is 1.10. The first kappa shape index (κ1) is 27.7. The monoisotopic (exact) mass is 636 g/mol.